The zero-order valence-electron chi connectivity index (χ0n) is 14.2. The number of rotatable bonds is 6. The highest BCUT2D eigenvalue weighted by Crippen LogP contribution is 2.30. The predicted octanol–water partition coefficient (Wildman–Crippen LogP) is 1.94. The van der Waals surface area contributed by atoms with Gasteiger partial charge in [-0.25, -0.2) is 0 Å². The number of methoxy groups -OCH3 is 2. The van der Waals surface area contributed by atoms with Gasteiger partial charge in [-0.3, -0.25) is 4.79 Å². The number of benzene rings is 1. The van der Waals surface area contributed by atoms with Gasteiger partial charge in [-0.05, 0) is 31.0 Å². The van der Waals surface area contributed by atoms with Crippen molar-refractivity contribution in [2.75, 3.05) is 20.8 Å². The Bertz CT molecular complexity index is 547. The van der Waals surface area contributed by atoms with Crippen LogP contribution in [0.2, 0.25) is 0 Å². The van der Waals surface area contributed by atoms with E-state index in [0.717, 1.165) is 19.3 Å². The summed E-state index contributed by atoms with van der Waals surface area (Å²) >= 11 is 0. The van der Waals surface area contributed by atoms with Crippen molar-refractivity contribution in [1.82, 2.24) is 5.32 Å². The molecule has 1 aromatic carbocycles. The Balaban J connectivity index is 0.00000288. The van der Waals surface area contributed by atoms with Crippen molar-refractivity contribution < 1.29 is 19.4 Å². The van der Waals surface area contributed by atoms with Crippen LogP contribution < -0.4 is 20.5 Å². The van der Waals surface area contributed by atoms with Crippen molar-refractivity contribution in [3.05, 3.63) is 23.8 Å². The molecule has 0 heterocycles. The Morgan fingerprint density at radius 3 is 2.54 bits per heavy atom. The topological polar surface area (TPSA) is 93.8 Å². The number of hydrogen-bond acceptors (Lipinski definition) is 5. The Morgan fingerprint density at radius 2 is 1.96 bits per heavy atom. The molecule has 24 heavy (non-hydrogen) atoms. The van der Waals surface area contributed by atoms with Crippen LogP contribution in [-0.2, 0) is 4.79 Å². The zero-order valence-corrected chi connectivity index (χ0v) is 15.0. The highest BCUT2D eigenvalue weighted by Gasteiger charge is 2.35. The summed E-state index contributed by atoms with van der Waals surface area (Å²) in [5.74, 6) is 0.972. The fourth-order valence-electron chi connectivity index (χ4n) is 2.98. The maximum Gasteiger partial charge on any atom is 0.240 e. The van der Waals surface area contributed by atoms with Crippen molar-refractivity contribution in [1.29, 1.82) is 0 Å². The fraction of sp³-hybridized carbons (Fsp3) is 0.588. The highest BCUT2D eigenvalue weighted by molar-refractivity contribution is 5.86. The van der Waals surface area contributed by atoms with Crippen molar-refractivity contribution in [2.24, 2.45) is 5.73 Å². The summed E-state index contributed by atoms with van der Waals surface area (Å²) in [4.78, 5) is 12.3. The number of aliphatic hydroxyl groups is 1. The third-order valence-electron chi connectivity index (χ3n) is 4.45. The van der Waals surface area contributed by atoms with E-state index in [9.17, 15) is 9.90 Å². The first kappa shape index (κ1) is 20.5. The summed E-state index contributed by atoms with van der Waals surface area (Å²) in [6.07, 6.45) is 3.55. The second-order valence-corrected chi connectivity index (χ2v) is 6.05. The SMILES string of the molecule is COc1ccc(OC)c(C(O)CNC(=O)C2(N)CCCCC2)c1.Cl. The smallest absolute Gasteiger partial charge is 0.240 e. The lowest BCUT2D eigenvalue weighted by atomic mass is 9.82. The van der Waals surface area contributed by atoms with Crippen LogP contribution in [0.3, 0.4) is 0 Å². The first-order valence-corrected chi connectivity index (χ1v) is 7.97. The minimum absolute atomic E-state index is 0. The Labute approximate surface area is 149 Å². The molecule has 136 valence electrons. The third-order valence-corrected chi connectivity index (χ3v) is 4.45. The molecule has 1 saturated carbocycles. The number of ether oxygens (including phenoxy) is 2. The van der Waals surface area contributed by atoms with Crippen molar-refractivity contribution in [2.45, 2.75) is 43.7 Å². The van der Waals surface area contributed by atoms with E-state index in [1.165, 1.54) is 7.11 Å². The van der Waals surface area contributed by atoms with Crippen LogP contribution in [0.25, 0.3) is 0 Å². The van der Waals surface area contributed by atoms with E-state index in [2.05, 4.69) is 5.32 Å². The zero-order chi connectivity index (χ0) is 16.9. The van der Waals surface area contributed by atoms with Gasteiger partial charge >= 0.3 is 0 Å². The Morgan fingerprint density at radius 1 is 1.29 bits per heavy atom. The number of halogens is 1. The summed E-state index contributed by atoms with van der Waals surface area (Å²) in [5, 5.41) is 13.2. The molecule has 1 aliphatic carbocycles. The minimum atomic E-state index is -0.892. The van der Waals surface area contributed by atoms with Crippen molar-refractivity contribution in [3.63, 3.8) is 0 Å². The summed E-state index contributed by atoms with van der Waals surface area (Å²) in [6, 6.07) is 5.18. The molecular formula is C17H27ClN2O4. The number of aliphatic hydroxyl groups excluding tert-OH is 1. The van der Waals surface area contributed by atoms with Crippen LogP contribution in [-0.4, -0.2) is 37.3 Å². The molecule has 1 aliphatic rings. The number of carbonyl (C=O) groups excluding carboxylic acids is 1. The van der Waals surface area contributed by atoms with Crippen LogP contribution in [0, 0.1) is 0 Å². The van der Waals surface area contributed by atoms with E-state index < -0.39 is 11.6 Å². The van der Waals surface area contributed by atoms with Crippen LogP contribution in [0.15, 0.2) is 18.2 Å². The summed E-state index contributed by atoms with van der Waals surface area (Å²) in [5.41, 5.74) is 5.95. The summed E-state index contributed by atoms with van der Waals surface area (Å²) in [7, 11) is 3.09. The fourth-order valence-corrected chi connectivity index (χ4v) is 2.98. The van der Waals surface area contributed by atoms with E-state index in [0.29, 0.717) is 29.9 Å². The number of carbonyl (C=O) groups is 1. The lowest BCUT2D eigenvalue weighted by Crippen LogP contribution is -2.55. The molecule has 6 nitrogen and oxygen atoms in total. The summed E-state index contributed by atoms with van der Waals surface area (Å²) in [6.45, 7) is 0.0846. The molecule has 1 fully saturated rings. The second kappa shape index (κ2) is 9.11. The standard InChI is InChI=1S/C17H26N2O4.ClH/c1-22-12-6-7-15(23-2)13(10-12)14(20)11-19-16(21)17(18)8-4-3-5-9-17;/h6-7,10,14,20H,3-5,8-9,11,18H2,1-2H3,(H,19,21);1H. The molecule has 1 atom stereocenters. The first-order valence-electron chi connectivity index (χ1n) is 7.97. The van der Waals surface area contributed by atoms with Crippen LogP contribution in [0.1, 0.15) is 43.8 Å². The van der Waals surface area contributed by atoms with E-state index >= 15 is 0 Å². The van der Waals surface area contributed by atoms with Gasteiger partial charge in [0.15, 0.2) is 0 Å². The van der Waals surface area contributed by atoms with Gasteiger partial charge in [0.2, 0.25) is 5.91 Å². The largest absolute Gasteiger partial charge is 0.497 e. The summed E-state index contributed by atoms with van der Waals surface area (Å²) < 4.78 is 10.4. The van der Waals surface area contributed by atoms with Gasteiger partial charge in [-0.2, -0.15) is 0 Å². The lowest BCUT2D eigenvalue weighted by molar-refractivity contribution is -0.128. The predicted molar refractivity (Wildman–Crippen MR) is 94.8 cm³/mol. The average molecular weight is 359 g/mol. The second-order valence-electron chi connectivity index (χ2n) is 6.05. The minimum Gasteiger partial charge on any atom is -0.497 e. The number of nitrogens with one attached hydrogen (secondary N) is 1. The molecule has 0 bridgehead atoms. The Kier molecular flexibility index (Phi) is 7.79. The van der Waals surface area contributed by atoms with Gasteiger partial charge < -0.3 is 25.6 Å². The molecule has 4 N–H and O–H groups in total. The van der Waals surface area contributed by atoms with Crippen molar-refractivity contribution >= 4 is 18.3 Å². The van der Waals surface area contributed by atoms with E-state index in [4.69, 9.17) is 15.2 Å². The first-order chi connectivity index (χ1) is 11.0. The highest BCUT2D eigenvalue weighted by atomic mass is 35.5. The van der Waals surface area contributed by atoms with E-state index in [1.54, 1.807) is 25.3 Å². The van der Waals surface area contributed by atoms with Crippen molar-refractivity contribution in [3.8, 4) is 11.5 Å². The maximum absolute atomic E-state index is 12.3. The van der Waals surface area contributed by atoms with Gasteiger partial charge in [-0.1, -0.05) is 19.3 Å². The average Bonchev–Trinajstić information content (AvgIpc) is 2.59. The molecule has 1 unspecified atom stereocenters. The van der Waals surface area contributed by atoms with E-state index in [1.807, 2.05) is 0 Å². The molecular weight excluding hydrogens is 332 g/mol. The molecule has 2 rings (SSSR count). The molecule has 0 saturated heterocycles. The van der Waals surface area contributed by atoms with Gasteiger partial charge in [-0.15, -0.1) is 12.4 Å². The number of amides is 1. The van der Waals surface area contributed by atoms with Gasteiger partial charge in [0, 0.05) is 12.1 Å². The Hall–Kier alpha value is -1.50. The molecule has 0 spiro atoms. The van der Waals surface area contributed by atoms with Crippen LogP contribution in [0.5, 0.6) is 11.5 Å². The number of hydrogen-bond donors (Lipinski definition) is 3. The molecule has 0 radical (unpaired) electrons. The van der Waals surface area contributed by atoms with Gasteiger partial charge in [0.1, 0.15) is 11.5 Å². The normalized spacial score (nSPS) is 17.3. The molecule has 1 amide bonds. The molecule has 1 aromatic rings. The van der Waals surface area contributed by atoms with Crippen LogP contribution >= 0.6 is 12.4 Å². The third kappa shape index (κ3) is 4.75. The van der Waals surface area contributed by atoms with E-state index in [-0.39, 0.29) is 24.9 Å². The lowest BCUT2D eigenvalue weighted by Gasteiger charge is -2.32. The molecule has 7 heteroatoms. The monoisotopic (exact) mass is 358 g/mol. The molecule has 0 aliphatic heterocycles. The maximum atomic E-state index is 12.3. The van der Waals surface area contributed by atoms with Gasteiger partial charge in [0.05, 0.1) is 25.9 Å². The van der Waals surface area contributed by atoms with Gasteiger partial charge in [0.25, 0.3) is 0 Å². The quantitative estimate of drug-likeness (QED) is 0.722. The van der Waals surface area contributed by atoms with Crippen LogP contribution in [0.4, 0.5) is 0 Å². The number of nitrogens with two attached hydrogens (primary N) is 1. The molecule has 0 aromatic heterocycles.